The monoisotopic (exact) mass is 222 g/mol. The molecular formula is C11H18N4O. The van der Waals surface area contributed by atoms with Gasteiger partial charge in [0, 0.05) is 0 Å². The highest BCUT2D eigenvalue weighted by atomic mass is 16.3. The second kappa shape index (κ2) is 4.74. The summed E-state index contributed by atoms with van der Waals surface area (Å²) in [4.78, 5) is 4.31. The molecule has 5 heteroatoms. The van der Waals surface area contributed by atoms with Crippen molar-refractivity contribution >= 4 is 5.95 Å². The molecule has 1 aromatic heterocycles. The lowest BCUT2D eigenvalue weighted by molar-refractivity contribution is 0.116. The Balaban J connectivity index is 2.05. The van der Waals surface area contributed by atoms with Crippen LogP contribution in [0.2, 0.25) is 0 Å². The summed E-state index contributed by atoms with van der Waals surface area (Å²) >= 11 is 0. The van der Waals surface area contributed by atoms with Crippen molar-refractivity contribution in [3.8, 4) is 0 Å². The molecule has 1 aliphatic carbocycles. The van der Waals surface area contributed by atoms with Crippen molar-refractivity contribution in [2.24, 2.45) is 0 Å². The summed E-state index contributed by atoms with van der Waals surface area (Å²) in [7, 11) is 0. The van der Waals surface area contributed by atoms with Gasteiger partial charge in [0.2, 0.25) is 5.95 Å². The Labute approximate surface area is 95.3 Å². The van der Waals surface area contributed by atoms with E-state index in [1.807, 2.05) is 13.8 Å². The molecule has 5 nitrogen and oxygen atoms in total. The summed E-state index contributed by atoms with van der Waals surface area (Å²) in [6.45, 7) is 3.79. The highest BCUT2D eigenvalue weighted by molar-refractivity contribution is 5.27. The summed E-state index contributed by atoms with van der Waals surface area (Å²) in [5.74, 6) is 0.522. The van der Waals surface area contributed by atoms with Gasteiger partial charge < -0.3 is 10.4 Å². The summed E-state index contributed by atoms with van der Waals surface area (Å²) in [6.07, 6.45) is 3.78. The number of anilines is 1. The van der Waals surface area contributed by atoms with Crippen molar-refractivity contribution < 1.29 is 5.11 Å². The number of aliphatic hydroxyl groups excluding tert-OH is 1. The number of nitrogens with one attached hydrogen (secondary N) is 1. The molecule has 0 aliphatic heterocycles. The van der Waals surface area contributed by atoms with Crippen LogP contribution >= 0.6 is 0 Å². The minimum absolute atomic E-state index is 0.0673. The predicted octanol–water partition coefficient (Wildman–Crippen LogP) is 1.20. The topological polar surface area (TPSA) is 70.9 Å². The van der Waals surface area contributed by atoms with Crippen LogP contribution in [0.4, 0.5) is 5.95 Å². The van der Waals surface area contributed by atoms with Crippen LogP contribution < -0.4 is 5.32 Å². The van der Waals surface area contributed by atoms with Gasteiger partial charge in [-0.3, -0.25) is 0 Å². The second-order valence-electron chi connectivity index (χ2n) is 4.41. The zero-order chi connectivity index (χ0) is 11.5. The van der Waals surface area contributed by atoms with Gasteiger partial charge in [-0.05, 0) is 26.7 Å². The highest BCUT2D eigenvalue weighted by Gasteiger charge is 2.23. The lowest BCUT2D eigenvalue weighted by Gasteiger charge is -2.28. The van der Waals surface area contributed by atoms with Gasteiger partial charge in [-0.1, -0.05) is 12.8 Å². The molecule has 16 heavy (non-hydrogen) atoms. The fraction of sp³-hybridized carbons (Fsp3) is 0.727. The third-order valence-corrected chi connectivity index (χ3v) is 3.14. The maximum Gasteiger partial charge on any atom is 0.243 e. The molecule has 0 saturated heterocycles. The SMILES string of the molecule is Cc1nnc(N[C@@H]2CCCC[C@H]2O)nc1C. The molecule has 0 aromatic carbocycles. The van der Waals surface area contributed by atoms with E-state index >= 15 is 0 Å². The van der Waals surface area contributed by atoms with Crippen LogP contribution in [0.1, 0.15) is 37.1 Å². The van der Waals surface area contributed by atoms with E-state index in [4.69, 9.17) is 0 Å². The first-order chi connectivity index (χ1) is 7.66. The van der Waals surface area contributed by atoms with Crippen LogP contribution in [0.15, 0.2) is 0 Å². The summed E-state index contributed by atoms with van der Waals surface area (Å²) in [5.41, 5.74) is 1.72. The van der Waals surface area contributed by atoms with Gasteiger partial charge in [0.25, 0.3) is 0 Å². The summed E-state index contributed by atoms with van der Waals surface area (Å²) in [5, 5.41) is 21.0. The number of hydrogen-bond acceptors (Lipinski definition) is 5. The van der Waals surface area contributed by atoms with Crippen molar-refractivity contribution in [3.63, 3.8) is 0 Å². The first-order valence-corrected chi connectivity index (χ1v) is 5.79. The van der Waals surface area contributed by atoms with E-state index in [0.29, 0.717) is 5.95 Å². The predicted molar refractivity (Wildman–Crippen MR) is 61.2 cm³/mol. The molecule has 88 valence electrons. The number of aliphatic hydroxyl groups is 1. The minimum atomic E-state index is -0.293. The van der Waals surface area contributed by atoms with E-state index in [0.717, 1.165) is 37.1 Å². The molecular weight excluding hydrogens is 204 g/mol. The smallest absolute Gasteiger partial charge is 0.243 e. The van der Waals surface area contributed by atoms with E-state index in [-0.39, 0.29) is 12.1 Å². The molecule has 2 N–H and O–H groups in total. The normalized spacial score (nSPS) is 25.4. The number of nitrogens with zero attached hydrogens (tertiary/aromatic N) is 3. The van der Waals surface area contributed by atoms with Crippen molar-refractivity contribution in [2.75, 3.05) is 5.32 Å². The quantitative estimate of drug-likeness (QED) is 0.787. The summed E-state index contributed by atoms with van der Waals surface area (Å²) < 4.78 is 0. The van der Waals surface area contributed by atoms with Gasteiger partial charge in [-0.2, -0.15) is 5.10 Å². The molecule has 0 radical (unpaired) electrons. The molecule has 1 fully saturated rings. The number of aryl methyl sites for hydroxylation is 2. The van der Waals surface area contributed by atoms with Crippen molar-refractivity contribution in [1.29, 1.82) is 0 Å². The number of rotatable bonds is 2. The van der Waals surface area contributed by atoms with Crippen LogP contribution in [0, 0.1) is 13.8 Å². The molecule has 2 atom stereocenters. The molecule has 1 aliphatic rings. The third kappa shape index (κ3) is 2.47. The Bertz CT molecular complexity index is 369. The van der Waals surface area contributed by atoms with E-state index in [1.54, 1.807) is 0 Å². The van der Waals surface area contributed by atoms with Gasteiger partial charge in [-0.25, -0.2) is 4.98 Å². The Morgan fingerprint density at radius 1 is 1.12 bits per heavy atom. The van der Waals surface area contributed by atoms with Crippen LogP contribution in [0.25, 0.3) is 0 Å². The Hall–Kier alpha value is -1.23. The zero-order valence-corrected chi connectivity index (χ0v) is 9.77. The molecule has 1 heterocycles. The minimum Gasteiger partial charge on any atom is -0.391 e. The lowest BCUT2D eigenvalue weighted by atomic mass is 9.93. The largest absolute Gasteiger partial charge is 0.391 e. The van der Waals surface area contributed by atoms with Gasteiger partial charge in [-0.15, -0.1) is 5.10 Å². The van der Waals surface area contributed by atoms with Gasteiger partial charge in [0.15, 0.2) is 0 Å². The van der Waals surface area contributed by atoms with Crippen molar-refractivity contribution in [1.82, 2.24) is 15.2 Å². The van der Waals surface area contributed by atoms with Crippen LogP contribution in [0.3, 0.4) is 0 Å². The lowest BCUT2D eigenvalue weighted by Crippen LogP contribution is -2.37. The van der Waals surface area contributed by atoms with Crippen molar-refractivity contribution in [3.05, 3.63) is 11.4 Å². The van der Waals surface area contributed by atoms with Gasteiger partial charge >= 0.3 is 0 Å². The van der Waals surface area contributed by atoms with Gasteiger partial charge in [0.05, 0.1) is 23.5 Å². The molecule has 0 spiro atoms. The maximum atomic E-state index is 9.82. The van der Waals surface area contributed by atoms with Crippen LogP contribution in [-0.2, 0) is 0 Å². The molecule has 0 amide bonds. The first-order valence-electron chi connectivity index (χ1n) is 5.79. The van der Waals surface area contributed by atoms with Crippen molar-refractivity contribution in [2.45, 2.75) is 51.7 Å². The van der Waals surface area contributed by atoms with E-state index in [1.165, 1.54) is 0 Å². The number of hydrogen-bond donors (Lipinski definition) is 2. The number of aromatic nitrogens is 3. The molecule has 0 unspecified atom stereocenters. The summed E-state index contributed by atoms with van der Waals surface area (Å²) in [6, 6.07) is 0.0673. The maximum absolute atomic E-state index is 9.82. The fourth-order valence-corrected chi connectivity index (χ4v) is 1.96. The Morgan fingerprint density at radius 3 is 2.56 bits per heavy atom. The van der Waals surface area contributed by atoms with E-state index < -0.39 is 0 Å². The second-order valence-corrected chi connectivity index (χ2v) is 4.41. The zero-order valence-electron chi connectivity index (χ0n) is 9.77. The molecule has 1 aromatic rings. The molecule has 0 bridgehead atoms. The van der Waals surface area contributed by atoms with Crippen LogP contribution in [0.5, 0.6) is 0 Å². The Kier molecular flexibility index (Phi) is 3.33. The molecule has 1 saturated carbocycles. The molecule has 2 rings (SSSR count). The standard InChI is InChI=1S/C11H18N4O/c1-7-8(2)14-15-11(12-7)13-9-5-3-4-6-10(9)16/h9-10,16H,3-6H2,1-2H3,(H,12,13,15)/t9-,10-/m1/s1. The average molecular weight is 222 g/mol. The highest BCUT2D eigenvalue weighted by Crippen LogP contribution is 2.20. The average Bonchev–Trinajstić information content (AvgIpc) is 2.27. The van der Waals surface area contributed by atoms with E-state index in [2.05, 4.69) is 20.5 Å². The Morgan fingerprint density at radius 2 is 1.88 bits per heavy atom. The van der Waals surface area contributed by atoms with Gasteiger partial charge in [0.1, 0.15) is 0 Å². The van der Waals surface area contributed by atoms with Crippen LogP contribution in [-0.4, -0.2) is 32.4 Å². The fourth-order valence-electron chi connectivity index (χ4n) is 1.96. The third-order valence-electron chi connectivity index (χ3n) is 3.14. The first kappa shape index (κ1) is 11.3. The van der Waals surface area contributed by atoms with E-state index in [9.17, 15) is 5.11 Å².